The fourth-order valence-corrected chi connectivity index (χ4v) is 2.21. The van der Waals surface area contributed by atoms with E-state index in [2.05, 4.69) is 5.32 Å². The number of allylic oxidation sites excluding steroid dienone is 2. The van der Waals surface area contributed by atoms with Gasteiger partial charge in [0.2, 0.25) is 15.9 Å². The van der Waals surface area contributed by atoms with Crippen LogP contribution in [0.15, 0.2) is 23.1 Å². The van der Waals surface area contributed by atoms with Crippen molar-refractivity contribution in [3.63, 3.8) is 0 Å². The van der Waals surface area contributed by atoms with Gasteiger partial charge in [-0.1, -0.05) is 19.1 Å². The van der Waals surface area contributed by atoms with Gasteiger partial charge in [0.25, 0.3) is 0 Å². The third-order valence-corrected chi connectivity index (χ3v) is 3.45. The minimum Gasteiger partial charge on any atom is -0.356 e. The highest BCUT2D eigenvalue weighted by Gasteiger charge is 2.21. The molecule has 1 aliphatic carbocycles. The second kappa shape index (κ2) is 4.80. The Balaban J connectivity index is 2.70. The first kappa shape index (κ1) is 12.9. The average molecular weight is 244 g/mol. The zero-order valence-corrected chi connectivity index (χ0v) is 10.1. The normalized spacial score (nSPS) is 25.1. The number of nitrogens with one attached hydrogen (secondary N) is 1. The highest BCUT2D eigenvalue weighted by Crippen LogP contribution is 2.23. The van der Waals surface area contributed by atoms with Crippen molar-refractivity contribution in [1.82, 2.24) is 5.32 Å². The number of nitrogens with two attached hydrogens (primary N) is 1. The SMILES string of the molecule is CC(=O)NCC1C=CC(S(N)(=O)=O)=CC1C. The van der Waals surface area contributed by atoms with Crippen molar-refractivity contribution < 1.29 is 13.2 Å². The molecule has 2 atom stereocenters. The van der Waals surface area contributed by atoms with Crippen molar-refractivity contribution in [2.75, 3.05) is 6.54 Å². The summed E-state index contributed by atoms with van der Waals surface area (Å²) in [4.78, 5) is 10.9. The zero-order chi connectivity index (χ0) is 12.3. The molecule has 90 valence electrons. The molecule has 0 radical (unpaired) electrons. The fraction of sp³-hybridized carbons (Fsp3) is 0.500. The summed E-state index contributed by atoms with van der Waals surface area (Å²) in [5, 5.41) is 7.72. The van der Waals surface area contributed by atoms with Crippen LogP contribution in [0.1, 0.15) is 13.8 Å². The van der Waals surface area contributed by atoms with E-state index in [1.165, 1.54) is 13.0 Å². The van der Waals surface area contributed by atoms with Crippen molar-refractivity contribution in [3.8, 4) is 0 Å². The molecule has 3 N–H and O–H groups in total. The molecule has 6 heteroatoms. The average Bonchev–Trinajstić information content (AvgIpc) is 2.14. The Morgan fingerprint density at radius 3 is 2.62 bits per heavy atom. The maximum absolute atomic E-state index is 11.1. The summed E-state index contributed by atoms with van der Waals surface area (Å²) in [6, 6.07) is 0. The van der Waals surface area contributed by atoms with Gasteiger partial charge >= 0.3 is 0 Å². The van der Waals surface area contributed by atoms with Crippen LogP contribution in [0.2, 0.25) is 0 Å². The van der Waals surface area contributed by atoms with E-state index < -0.39 is 10.0 Å². The number of carbonyl (C=O) groups is 1. The molecule has 1 rings (SSSR count). The molecule has 0 saturated heterocycles. The van der Waals surface area contributed by atoms with Crippen LogP contribution in [0.5, 0.6) is 0 Å². The first-order valence-electron chi connectivity index (χ1n) is 4.98. The predicted octanol–water partition coefficient (Wildman–Crippen LogP) is 0.117. The largest absolute Gasteiger partial charge is 0.356 e. The second-order valence-electron chi connectivity index (χ2n) is 3.93. The van der Waals surface area contributed by atoms with Crippen LogP contribution < -0.4 is 10.5 Å². The first-order valence-corrected chi connectivity index (χ1v) is 6.52. The molecule has 0 bridgehead atoms. The van der Waals surface area contributed by atoms with E-state index in [0.717, 1.165) is 0 Å². The number of primary sulfonamides is 1. The maximum atomic E-state index is 11.1. The summed E-state index contributed by atoms with van der Waals surface area (Å²) < 4.78 is 22.2. The van der Waals surface area contributed by atoms with E-state index in [0.29, 0.717) is 6.54 Å². The lowest BCUT2D eigenvalue weighted by molar-refractivity contribution is -0.119. The van der Waals surface area contributed by atoms with Crippen LogP contribution in [0, 0.1) is 11.8 Å². The van der Waals surface area contributed by atoms with Gasteiger partial charge in [-0.05, 0) is 12.0 Å². The van der Waals surface area contributed by atoms with E-state index in [9.17, 15) is 13.2 Å². The smallest absolute Gasteiger partial charge is 0.237 e. The molecular formula is C10H16N2O3S. The van der Waals surface area contributed by atoms with Gasteiger partial charge in [0.1, 0.15) is 0 Å². The Bertz CT molecular complexity index is 437. The molecule has 5 nitrogen and oxygen atoms in total. The lowest BCUT2D eigenvalue weighted by Gasteiger charge is -2.22. The van der Waals surface area contributed by atoms with E-state index in [1.54, 1.807) is 12.2 Å². The summed E-state index contributed by atoms with van der Waals surface area (Å²) in [7, 11) is -3.63. The Morgan fingerprint density at radius 1 is 1.56 bits per heavy atom. The van der Waals surface area contributed by atoms with Gasteiger partial charge in [-0.15, -0.1) is 0 Å². The molecule has 2 unspecified atom stereocenters. The second-order valence-corrected chi connectivity index (χ2v) is 5.49. The summed E-state index contributed by atoms with van der Waals surface area (Å²) in [6.07, 6.45) is 4.87. The quantitative estimate of drug-likeness (QED) is 0.738. The van der Waals surface area contributed by atoms with Gasteiger partial charge in [-0.2, -0.15) is 0 Å². The van der Waals surface area contributed by atoms with E-state index >= 15 is 0 Å². The van der Waals surface area contributed by atoms with Crippen LogP contribution in [0.25, 0.3) is 0 Å². The molecule has 1 aliphatic rings. The topological polar surface area (TPSA) is 89.3 Å². The molecule has 0 aromatic carbocycles. The Morgan fingerprint density at radius 2 is 2.19 bits per heavy atom. The molecule has 0 spiro atoms. The Hall–Kier alpha value is -1.14. The summed E-state index contributed by atoms with van der Waals surface area (Å²) in [5.74, 6) is 0.0430. The summed E-state index contributed by atoms with van der Waals surface area (Å²) in [6.45, 7) is 3.84. The van der Waals surface area contributed by atoms with Crippen LogP contribution in [-0.2, 0) is 14.8 Å². The summed E-state index contributed by atoms with van der Waals surface area (Å²) >= 11 is 0. The monoisotopic (exact) mass is 244 g/mol. The third kappa shape index (κ3) is 3.46. The van der Waals surface area contributed by atoms with Crippen LogP contribution in [0.4, 0.5) is 0 Å². The van der Waals surface area contributed by atoms with Gasteiger partial charge < -0.3 is 5.32 Å². The van der Waals surface area contributed by atoms with Crippen molar-refractivity contribution in [2.24, 2.45) is 17.0 Å². The number of amides is 1. The van der Waals surface area contributed by atoms with Crippen LogP contribution >= 0.6 is 0 Å². The number of rotatable bonds is 3. The number of hydrogen-bond acceptors (Lipinski definition) is 3. The van der Waals surface area contributed by atoms with Gasteiger partial charge in [0.05, 0.1) is 4.91 Å². The lowest BCUT2D eigenvalue weighted by atomic mass is 9.90. The van der Waals surface area contributed by atoms with Gasteiger partial charge in [-0.3, -0.25) is 4.79 Å². The highest BCUT2D eigenvalue weighted by atomic mass is 32.2. The van der Waals surface area contributed by atoms with Crippen molar-refractivity contribution in [1.29, 1.82) is 0 Å². The van der Waals surface area contributed by atoms with E-state index in [4.69, 9.17) is 5.14 Å². The maximum Gasteiger partial charge on any atom is 0.237 e. The molecule has 0 fully saturated rings. The Kier molecular flexibility index (Phi) is 3.88. The minimum atomic E-state index is -3.63. The minimum absolute atomic E-state index is 0.0326. The van der Waals surface area contributed by atoms with Crippen LogP contribution in [-0.4, -0.2) is 20.9 Å². The predicted molar refractivity (Wildman–Crippen MR) is 61.7 cm³/mol. The first-order chi connectivity index (χ1) is 7.30. The molecular weight excluding hydrogens is 228 g/mol. The van der Waals surface area contributed by atoms with Gasteiger partial charge in [0.15, 0.2) is 0 Å². The molecule has 0 aliphatic heterocycles. The number of sulfonamides is 1. The molecule has 0 heterocycles. The van der Waals surface area contributed by atoms with Crippen molar-refractivity contribution in [3.05, 3.63) is 23.1 Å². The molecule has 1 amide bonds. The highest BCUT2D eigenvalue weighted by molar-refractivity contribution is 7.93. The van der Waals surface area contributed by atoms with E-state index in [-0.39, 0.29) is 22.6 Å². The zero-order valence-electron chi connectivity index (χ0n) is 9.30. The molecule has 0 aromatic rings. The van der Waals surface area contributed by atoms with Gasteiger partial charge in [-0.25, -0.2) is 13.6 Å². The van der Waals surface area contributed by atoms with Crippen molar-refractivity contribution >= 4 is 15.9 Å². The third-order valence-electron chi connectivity index (χ3n) is 2.53. The lowest BCUT2D eigenvalue weighted by Crippen LogP contribution is -2.30. The molecule has 16 heavy (non-hydrogen) atoms. The number of hydrogen-bond donors (Lipinski definition) is 2. The van der Waals surface area contributed by atoms with Crippen LogP contribution in [0.3, 0.4) is 0 Å². The van der Waals surface area contributed by atoms with Gasteiger partial charge in [0, 0.05) is 19.4 Å². The number of carbonyl (C=O) groups excluding carboxylic acids is 1. The Labute approximate surface area is 95.5 Å². The van der Waals surface area contributed by atoms with E-state index in [1.807, 2.05) is 6.92 Å². The molecule has 0 aromatic heterocycles. The molecule has 0 saturated carbocycles. The van der Waals surface area contributed by atoms with Crippen molar-refractivity contribution in [2.45, 2.75) is 13.8 Å². The fourth-order valence-electron chi connectivity index (χ4n) is 1.54. The summed E-state index contributed by atoms with van der Waals surface area (Å²) in [5.41, 5.74) is 0. The standard InChI is InChI=1S/C10H16N2O3S/c1-7-5-10(16(11,14)15)4-3-9(7)6-12-8(2)13/h3-5,7,9H,6H2,1-2H3,(H,12,13)(H2,11,14,15).